The average Bonchev–Trinajstić information content (AvgIpc) is 2.82. The van der Waals surface area contributed by atoms with Gasteiger partial charge >= 0.3 is 5.97 Å². The molecule has 2 aliphatic heterocycles. The van der Waals surface area contributed by atoms with Crippen LogP contribution >= 0.6 is 0 Å². The van der Waals surface area contributed by atoms with Gasteiger partial charge in [-0.05, 0) is 26.0 Å². The van der Waals surface area contributed by atoms with E-state index in [9.17, 15) is 15.0 Å². The van der Waals surface area contributed by atoms with Gasteiger partial charge < -0.3 is 39.6 Å². The van der Waals surface area contributed by atoms with E-state index < -0.39 is 55.1 Å². The number of aromatic nitrogens is 2. The van der Waals surface area contributed by atoms with E-state index in [-0.39, 0.29) is 25.3 Å². The van der Waals surface area contributed by atoms with E-state index in [4.69, 9.17) is 29.4 Å². The Hall–Kier alpha value is -2.25. The topological polar surface area (TPSA) is 155 Å². The van der Waals surface area contributed by atoms with Crippen molar-refractivity contribution in [2.75, 3.05) is 13.2 Å². The molecule has 2 aromatic rings. The Bertz CT molecular complexity index is 954. The third-order valence-corrected chi connectivity index (χ3v) is 5.98. The van der Waals surface area contributed by atoms with Gasteiger partial charge in [0.2, 0.25) is 0 Å². The standard InChI is InChI=1S/C23H31N3O8/c1-12-21(28)14(24)9-20(32-12)34-22-13(2)33-19(10-18(22)27)30-7-8-31-23(29)17-11-25-15-5-3-4-6-16(15)26-17/h3-6,11-14,18-22,27-28H,7-10,24H2,1-2H3/t12-,13-,14-,18-,19-,20+,21-,22-/m1/s1. The lowest BCUT2D eigenvalue weighted by atomic mass is 9.99. The SMILES string of the molecule is C[C@H]1O[C@@H](O[C@H]2[C@H](O)C[C@H](OCCOC(=O)c3cnc4ccccc4n3)O[C@@H]2C)C[C@@H](N)[C@@H]1O. The monoisotopic (exact) mass is 477 g/mol. The number of aliphatic hydroxyl groups excluding tert-OH is 2. The summed E-state index contributed by atoms with van der Waals surface area (Å²) in [5.41, 5.74) is 7.35. The maximum atomic E-state index is 12.2. The molecule has 0 aliphatic carbocycles. The molecule has 11 heteroatoms. The molecule has 2 aliphatic rings. The Morgan fingerprint density at radius 3 is 2.56 bits per heavy atom. The summed E-state index contributed by atoms with van der Waals surface area (Å²) in [6, 6.07) is 6.77. The number of rotatable bonds is 7. The summed E-state index contributed by atoms with van der Waals surface area (Å²) in [5, 5.41) is 20.5. The second-order valence-electron chi connectivity index (χ2n) is 8.59. The van der Waals surface area contributed by atoms with E-state index in [0.29, 0.717) is 17.5 Å². The van der Waals surface area contributed by atoms with Crippen molar-refractivity contribution in [1.29, 1.82) is 0 Å². The van der Waals surface area contributed by atoms with Crippen molar-refractivity contribution in [3.63, 3.8) is 0 Å². The molecule has 2 fully saturated rings. The Morgan fingerprint density at radius 1 is 1.09 bits per heavy atom. The summed E-state index contributed by atoms with van der Waals surface area (Å²) in [4.78, 5) is 20.7. The molecule has 34 heavy (non-hydrogen) atoms. The van der Waals surface area contributed by atoms with Crippen LogP contribution in [0.1, 0.15) is 37.2 Å². The molecule has 0 saturated carbocycles. The molecule has 0 unspecified atom stereocenters. The van der Waals surface area contributed by atoms with E-state index in [0.717, 1.165) is 0 Å². The summed E-state index contributed by atoms with van der Waals surface area (Å²) in [6.07, 6.45) is -2.66. The first-order valence-electron chi connectivity index (χ1n) is 11.4. The van der Waals surface area contributed by atoms with Crippen LogP contribution in [0.5, 0.6) is 0 Å². The van der Waals surface area contributed by atoms with Gasteiger partial charge in [0.1, 0.15) is 12.7 Å². The molecule has 0 radical (unpaired) electrons. The van der Waals surface area contributed by atoms with E-state index in [2.05, 4.69) is 9.97 Å². The number of fused-ring (bicyclic) bond motifs is 1. The Balaban J connectivity index is 1.20. The first-order chi connectivity index (χ1) is 16.3. The lowest BCUT2D eigenvalue weighted by Crippen LogP contribution is -2.55. The number of nitrogens with two attached hydrogens (primary N) is 1. The minimum Gasteiger partial charge on any atom is -0.458 e. The lowest BCUT2D eigenvalue weighted by molar-refractivity contribution is -0.304. The third-order valence-electron chi connectivity index (χ3n) is 5.98. The van der Waals surface area contributed by atoms with Crippen LogP contribution in [0.25, 0.3) is 11.0 Å². The zero-order chi connectivity index (χ0) is 24.2. The molecule has 2 saturated heterocycles. The number of hydrogen-bond acceptors (Lipinski definition) is 11. The fourth-order valence-electron chi connectivity index (χ4n) is 4.12. The van der Waals surface area contributed by atoms with Crippen molar-refractivity contribution in [2.24, 2.45) is 5.73 Å². The van der Waals surface area contributed by atoms with Gasteiger partial charge in [-0.25, -0.2) is 9.78 Å². The molecule has 1 aromatic carbocycles. The summed E-state index contributed by atoms with van der Waals surface area (Å²) < 4.78 is 28.2. The van der Waals surface area contributed by atoms with Crippen LogP contribution in [0, 0.1) is 0 Å². The van der Waals surface area contributed by atoms with Gasteiger partial charge in [0.05, 0.1) is 48.3 Å². The Kier molecular flexibility index (Phi) is 8.04. The molecule has 8 atom stereocenters. The number of aliphatic hydroxyl groups is 2. The molecular weight excluding hydrogens is 446 g/mol. The van der Waals surface area contributed by atoms with Gasteiger partial charge in [-0.15, -0.1) is 0 Å². The number of carbonyl (C=O) groups excluding carboxylic acids is 1. The Labute approximate surface area is 197 Å². The maximum absolute atomic E-state index is 12.2. The predicted molar refractivity (Wildman–Crippen MR) is 119 cm³/mol. The van der Waals surface area contributed by atoms with Crippen molar-refractivity contribution in [2.45, 2.75) is 75.8 Å². The predicted octanol–water partition coefficient (Wildman–Crippen LogP) is 0.507. The normalized spacial score (nSPS) is 34.1. The maximum Gasteiger partial charge on any atom is 0.358 e. The summed E-state index contributed by atoms with van der Waals surface area (Å²) in [7, 11) is 0. The summed E-state index contributed by atoms with van der Waals surface area (Å²) in [6.45, 7) is 3.56. The lowest BCUT2D eigenvalue weighted by Gasteiger charge is -2.42. The molecule has 0 spiro atoms. The van der Waals surface area contributed by atoms with Crippen LogP contribution in [0.4, 0.5) is 0 Å². The number of ether oxygens (including phenoxy) is 5. The molecule has 0 bridgehead atoms. The third kappa shape index (κ3) is 5.87. The van der Waals surface area contributed by atoms with E-state index in [1.165, 1.54) is 6.20 Å². The minimum atomic E-state index is -0.855. The second kappa shape index (κ2) is 11.0. The first-order valence-corrected chi connectivity index (χ1v) is 11.4. The van der Waals surface area contributed by atoms with E-state index in [1.54, 1.807) is 19.9 Å². The number of carbonyl (C=O) groups is 1. The van der Waals surface area contributed by atoms with Crippen LogP contribution in [0.3, 0.4) is 0 Å². The highest BCUT2D eigenvalue weighted by molar-refractivity contribution is 5.89. The van der Waals surface area contributed by atoms with Gasteiger partial charge in [0, 0.05) is 18.9 Å². The van der Waals surface area contributed by atoms with Crippen LogP contribution in [0.15, 0.2) is 30.5 Å². The molecule has 186 valence electrons. The van der Waals surface area contributed by atoms with E-state index >= 15 is 0 Å². The largest absolute Gasteiger partial charge is 0.458 e. The van der Waals surface area contributed by atoms with Crippen molar-refractivity contribution < 1.29 is 38.7 Å². The van der Waals surface area contributed by atoms with Crippen LogP contribution < -0.4 is 5.73 Å². The first kappa shape index (κ1) is 24.9. The summed E-state index contributed by atoms with van der Waals surface area (Å²) in [5.74, 6) is -0.599. The molecule has 11 nitrogen and oxygen atoms in total. The minimum absolute atomic E-state index is 0.00831. The average molecular weight is 478 g/mol. The second-order valence-corrected chi connectivity index (χ2v) is 8.59. The number of hydrogen-bond donors (Lipinski definition) is 3. The molecule has 0 amide bonds. The van der Waals surface area contributed by atoms with Crippen molar-refractivity contribution in [3.8, 4) is 0 Å². The van der Waals surface area contributed by atoms with Gasteiger partial charge in [-0.2, -0.15) is 0 Å². The highest BCUT2D eigenvalue weighted by Crippen LogP contribution is 2.28. The smallest absolute Gasteiger partial charge is 0.358 e. The molecule has 3 heterocycles. The molecule has 4 N–H and O–H groups in total. The highest BCUT2D eigenvalue weighted by atomic mass is 16.7. The van der Waals surface area contributed by atoms with E-state index in [1.807, 2.05) is 18.2 Å². The van der Waals surface area contributed by atoms with Crippen molar-refractivity contribution in [3.05, 3.63) is 36.2 Å². The highest BCUT2D eigenvalue weighted by Gasteiger charge is 2.41. The number of esters is 1. The van der Waals surface area contributed by atoms with Crippen molar-refractivity contribution in [1.82, 2.24) is 9.97 Å². The van der Waals surface area contributed by atoms with Crippen molar-refractivity contribution >= 4 is 17.0 Å². The van der Waals surface area contributed by atoms with Crippen LogP contribution in [-0.2, 0) is 23.7 Å². The number of nitrogens with zero attached hydrogens (tertiary/aromatic N) is 2. The van der Waals surface area contributed by atoms with Crippen LogP contribution in [0.2, 0.25) is 0 Å². The molecule has 1 aromatic heterocycles. The molecular formula is C23H31N3O8. The fraction of sp³-hybridized carbons (Fsp3) is 0.609. The van der Waals surface area contributed by atoms with Gasteiger partial charge in [0.25, 0.3) is 0 Å². The Morgan fingerprint density at radius 2 is 1.82 bits per heavy atom. The van der Waals surface area contributed by atoms with Gasteiger partial charge in [-0.1, -0.05) is 12.1 Å². The fourth-order valence-corrected chi connectivity index (χ4v) is 4.12. The zero-order valence-corrected chi connectivity index (χ0v) is 19.1. The van der Waals surface area contributed by atoms with Crippen LogP contribution in [-0.4, -0.2) is 88.5 Å². The molecule has 4 rings (SSSR count). The zero-order valence-electron chi connectivity index (χ0n) is 19.1. The number of para-hydroxylation sites is 2. The number of benzene rings is 1. The van der Waals surface area contributed by atoms with Gasteiger partial charge in [-0.3, -0.25) is 4.98 Å². The quantitative estimate of drug-likeness (QED) is 0.377. The summed E-state index contributed by atoms with van der Waals surface area (Å²) >= 11 is 0. The van der Waals surface area contributed by atoms with Gasteiger partial charge in [0.15, 0.2) is 18.3 Å².